The van der Waals surface area contributed by atoms with Crippen molar-refractivity contribution in [2.24, 2.45) is 0 Å². The van der Waals surface area contributed by atoms with Crippen LogP contribution in [0.1, 0.15) is 33.5 Å². The van der Waals surface area contributed by atoms with Crippen LogP contribution in [0, 0.1) is 11.8 Å². The SMILES string of the molecule is COc1ccc2c(c1)C(=O)N(CC[C@@]1(C#Cc3ccc(C(O)(O)C(F)(F)F)cc3)NC(=O)NC1=O)C2. The first-order valence-corrected chi connectivity index (χ1v) is 10.6. The molecule has 4 N–H and O–H groups in total. The number of imide groups is 1. The van der Waals surface area contributed by atoms with Crippen molar-refractivity contribution >= 4 is 17.8 Å². The van der Waals surface area contributed by atoms with Gasteiger partial charge in [-0.2, -0.15) is 13.2 Å². The number of hydrogen-bond donors (Lipinski definition) is 4. The number of ether oxygens (including phenoxy) is 1. The number of methoxy groups -OCH3 is 1. The lowest BCUT2D eigenvalue weighted by molar-refractivity contribution is -0.358. The van der Waals surface area contributed by atoms with Crippen molar-refractivity contribution in [2.75, 3.05) is 13.7 Å². The molecular formula is C24H20F3N3O6. The molecule has 0 saturated carbocycles. The van der Waals surface area contributed by atoms with Gasteiger partial charge in [0, 0.05) is 36.2 Å². The van der Waals surface area contributed by atoms with Crippen molar-refractivity contribution < 1.29 is 42.5 Å². The molecule has 2 aromatic rings. The van der Waals surface area contributed by atoms with E-state index in [9.17, 15) is 37.8 Å². The van der Waals surface area contributed by atoms with Crippen LogP contribution >= 0.6 is 0 Å². The second kappa shape index (κ2) is 8.85. The first kappa shape index (κ1) is 25.0. The molecule has 0 aliphatic carbocycles. The van der Waals surface area contributed by atoms with Gasteiger partial charge in [0.25, 0.3) is 17.6 Å². The Labute approximate surface area is 202 Å². The molecule has 2 aliphatic rings. The zero-order chi connectivity index (χ0) is 26.3. The molecular weight excluding hydrogens is 483 g/mol. The number of urea groups is 1. The normalized spacial score (nSPS) is 19.4. The number of carbonyl (C=O) groups excluding carboxylic acids is 3. The highest BCUT2D eigenvalue weighted by molar-refractivity contribution is 6.09. The number of fused-ring (bicyclic) bond motifs is 1. The van der Waals surface area contributed by atoms with Crippen LogP contribution in [0.2, 0.25) is 0 Å². The van der Waals surface area contributed by atoms with Crippen LogP contribution in [0.25, 0.3) is 0 Å². The van der Waals surface area contributed by atoms with Crippen molar-refractivity contribution in [3.8, 4) is 17.6 Å². The molecule has 1 saturated heterocycles. The van der Waals surface area contributed by atoms with Crippen molar-refractivity contribution in [2.45, 2.75) is 30.5 Å². The summed E-state index contributed by atoms with van der Waals surface area (Å²) in [5, 5.41) is 23.3. The highest BCUT2D eigenvalue weighted by Crippen LogP contribution is 2.36. The largest absolute Gasteiger partial charge is 0.497 e. The molecule has 1 atom stereocenters. The van der Waals surface area contributed by atoms with Gasteiger partial charge in [0.15, 0.2) is 5.54 Å². The van der Waals surface area contributed by atoms with E-state index < -0.39 is 35.0 Å². The Kier molecular flexibility index (Phi) is 6.15. The molecule has 12 heteroatoms. The maximum absolute atomic E-state index is 12.8. The summed E-state index contributed by atoms with van der Waals surface area (Å²) in [5.74, 6) is 0.766. The average molecular weight is 503 g/mol. The van der Waals surface area contributed by atoms with Crippen molar-refractivity contribution in [1.29, 1.82) is 0 Å². The Morgan fingerprint density at radius 2 is 1.81 bits per heavy atom. The summed E-state index contributed by atoms with van der Waals surface area (Å²) in [6.07, 6.45) is -5.37. The molecule has 2 heterocycles. The molecule has 9 nitrogen and oxygen atoms in total. The van der Waals surface area contributed by atoms with Gasteiger partial charge < -0.3 is 25.2 Å². The zero-order valence-electron chi connectivity index (χ0n) is 18.8. The van der Waals surface area contributed by atoms with Gasteiger partial charge in [-0.05, 0) is 29.8 Å². The van der Waals surface area contributed by atoms with Gasteiger partial charge in [-0.1, -0.05) is 30.0 Å². The minimum atomic E-state index is -5.31. The molecule has 0 spiro atoms. The van der Waals surface area contributed by atoms with E-state index in [2.05, 4.69) is 22.5 Å². The Hall–Kier alpha value is -4.08. The average Bonchev–Trinajstić information content (AvgIpc) is 3.30. The van der Waals surface area contributed by atoms with E-state index in [-0.39, 0.29) is 24.4 Å². The smallest absolute Gasteiger partial charge is 0.447 e. The topological polar surface area (TPSA) is 128 Å². The summed E-state index contributed by atoms with van der Waals surface area (Å²) in [6, 6.07) is 8.25. The number of amides is 4. The quantitative estimate of drug-likeness (QED) is 0.277. The van der Waals surface area contributed by atoms with Crippen molar-refractivity contribution in [1.82, 2.24) is 15.5 Å². The van der Waals surface area contributed by atoms with Crippen LogP contribution in [0.3, 0.4) is 0 Å². The fraction of sp³-hybridized carbons (Fsp3) is 0.292. The lowest BCUT2D eigenvalue weighted by Gasteiger charge is -2.24. The van der Waals surface area contributed by atoms with Gasteiger partial charge in [-0.25, -0.2) is 4.79 Å². The van der Waals surface area contributed by atoms with E-state index in [1.165, 1.54) is 12.0 Å². The van der Waals surface area contributed by atoms with Crippen LogP contribution < -0.4 is 15.4 Å². The molecule has 2 aromatic carbocycles. The number of rotatable bonds is 5. The predicted octanol–water partition coefficient (Wildman–Crippen LogP) is 1.37. The fourth-order valence-corrected chi connectivity index (χ4v) is 3.90. The summed E-state index contributed by atoms with van der Waals surface area (Å²) >= 11 is 0. The molecule has 188 valence electrons. The van der Waals surface area contributed by atoms with E-state index >= 15 is 0 Å². The van der Waals surface area contributed by atoms with Gasteiger partial charge in [0.1, 0.15) is 5.75 Å². The zero-order valence-corrected chi connectivity index (χ0v) is 18.8. The van der Waals surface area contributed by atoms with Gasteiger partial charge in [-0.3, -0.25) is 14.9 Å². The number of aliphatic hydroxyl groups is 2. The van der Waals surface area contributed by atoms with Gasteiger partial charge >= 0.3 is 12.2 Å². The highest BCUT2D eigenvalue weighted by atomic mass is 19.4. The number of hydrogen-bond acceptors (Lipinski definition) is 6. The fourth-order valence-electron chi connectivity index (χ4n) is 3.90. The van der Waals surface area contributed by atoms with E-state index in [0.29, 0.717) is 17.9 Å². The summed E-state index contributed by atoms with van der Waals surface area (Å²) < 4.78 is 43.6. The molecule has 2 aliphatic heterocycles. The second-order valence-electron chi connectivity index (χ2n) is 8.31. The summed E-state index contributed by atoms with van der Waals surface area (Å²) in [7, 11) is 1.48. The predicted molar refractivity (Wildman–Crippen MR) is 117 cm³/mol. The highest BCUT2D eigenvalue weighted by Gasteiger charge is 2.54. The molecule has 36 heavy (non-hydrogen) atoms. The third-order valence-electron chi connectivity index (χ3n) is 6.00. The molecule has 0 unspecified atom stereocenters. The van der Waals surface area contributed by atoms with E-state index in [1.54, 1.807) is 18.2 Å². The van der Waals surface area contributed by atoms with Crippen LogP contribution in [0.15, 0.2) is 42.5 Å². The molecule has 0 bridgehead atoms. The maximum Gasteiger partial charge on any atom is 0.447 e. The molecule has 4 rings (SSSR count). The van der Waals surface area contributed by atoms with Crippen LogP contribution in [-0.2, 0) is 17.1 Å². The van der Waals surface area contributed by atoms with Crippen LogP contribution in [0.5, 0.6) is 5.75 Å². The Morgan fingerprint density at radius 1 is 1.11 bits per heavy atom. The number of benzene rings is 2. The summed E-state index contributed by atoms with van der Waals surface area (Å²) in [4.78, 5) is 38.8. The lowest BCUT2D eigenvalue weighted by atomic mass is 9.95. The Balaban J connectivity index is 1.54. The number of halogens is 3. The number of nitrogens with one attached hydrogen (secondary N) is 2. The van der Waals surface area contributed by atoms with E-state index in [1.807, 2.05) is 0 Å². The molecule has 0 radical (unpaired) electrons. The van der Waals surface area contributed by atoms with Crippen molar-refractivity contribution in [3.05, 3.63) is 64.7 Å². The Bertz CT molecular complexity index is 1300. The first-order valence-electron chi connectivity index (χ1n) is 10.6. The summed E-state index contributed by atoms with van der Waals surface area (Å²) in [5.41, 5.74) is -1.10. The first-order chi connectivity index (χ1) is 16.9. The van der Waals surface area contributed by atoms with E-state index in [4.69, 9.17) is 4.74 Å². The molecule has 1 fully saturated rings. The van der Waals surface area contributed by atoms with Gasteiger partial charge in [-0.15, -0.1) is 0 Å². The Morgan fingerprint density at radius 3 is 2.39 bits per heavy atom. The maximum atomic E-state index is 12.8. The van der Waals surface area contributed by atoms with Gasteiger partial charge in [0.05, 0.1) is 7.11 Å². The molecule has 4 amide bonds. The van der Waals surface area contributed by atoms with Crippen molar-refractivity contribution in [3.63, 3.8) is 0 Å². The number of nitrogens with zero attached hydrogens (tertiary/aromatic N) is 1. The third-order valence-corrected chi connectivity index (χ3v) is 6.00. The number of alkyl halides is 3. The standard InChI is InChI=1S/C24H20F3N3O6/c1-36-17-7-4-15-13-30(19(31)18(15)12-17)11-10-22(20(32)28-21(33)29-22)9-8-14-2-5-16(6-3-14)23(34,35)24(25,26)27/h2-7,12,34-35H,10-11,13H2,1H3,(H2,28,29,32,33)/t22-/m1/s1. The van der Waals surface area contributed by atoms with Crippen LogP contribution in [-0.4, -0.2) is 58.3 Å². The number of carbonyl (C=O) groups is 3. The second-order valence-corrected chi connectivity index (χ2v) is 8.31. The summed E-state index contributed by atoms with van der Waals surface area (Å²) in [6.45, 7) is 0.363. The lowest BCUT2D eigenvalue weighted by Crippen LogP contribution is -2.48. The monoisotopic (exact) mass is 503 g/mol. The van der Waals surface area contributed by atoms with E-state index in [0.717, 1.165) is 29.8 Å². The minimum absolute atomic E-state index is 0.0585. The third kappa shape index (κ3) is 4.46. The minimum Gasteiger partial charge on any atom is -0.497 e. The molecule has 0 aromatic heterocycles. The van der Waals surface area contributed by atoms with Crippen LogP contribution in [0.4, 0.5) is 18.0 Å². The van der Waals surface area contributed by atoms with Gasteiger partial charge in [0.2, 0.25) is 0 Å².